The molecule has 0 radical (unpaired) electrons. The molecule has 8 nitrogen and oxygen atoms in total. The summed E-state index contributed by atoms with van der Waals surface area (Å²) in [6.07, 6.45) is 5.30. The Morgan fingerprint density at radius 1 is 1.17 bits per heavy atom. The molecule has 3 aliphatic heterocycles. The molecule has 8 heteroatoms. The van der Waals surface area contributed by atoms with E-state index in [-0.39, 0.29) is 49.5 Å². The number of fused-ring (bicyclic) bond motifs is 1. The molecule has 196 valence electrons. The lowest BCUT2D eigenvalue weighted by Gasteiger charge is -2.23. The van der Waals surface area contributed by atoms with Gasteiger partial charge in [-0.3, -0.25) is 9.59 Å². The maximum atomic E-state index is 12.5. The Labute approximate surface area is 208 Å². The minimum Gasteiger partial charge on any atom is -0.466 e. The van der Waals surface area contributed by atoms with Gasteiger partial charge in [0.25, 0.3) is 0 Å². The van der Waals surface area contributed by atoms with Gasteiger partial charge < -0.3 is 29.2 Å². The molecule has 0 saturated carbocycles. The minimum atomic E-state index is -1.05. The van der Waals surface area contributed by atoms with Crippen LogP contribution in [0.5, 0.6) is 0 Å². The standard InChI is InChI=1S/C27H40O8/c1-17-10-12-33-25(30)5-4-6-26(31)34-23(16-24-27(35-24)22(29)15-19(3)13-17)21(28)8-7-20-14-18(2)9-11-32-20/h7-9,17,20-24,27-29H,3-6,10-16H2,1-2H3/b8-7+/t17-,20-,21+,22+,23+,24+,27+/m1/s1. The van der Waals surface area contributed by atoms with Gasteiger partial charge in [0.1, 0.15) is 18.3 Å². The van der Waals surface area contributed by atoms with E-state index in [4.69, 9.17) is 18.9 Å². The number of aliphatic hydroxyl groups is 2. The molecule has 0 aromatic carbocycles. The molecule has 0 unspecified atom stereocenters. The first-order valence-electron chi connectivity index (χ1n) is 12.7. The SMILES string of the molecule is C=C1C[C@H](C)CCOC(=O)CCCC(=O)O[C@H]([C@@H](O)/C=C/[C@@H]2CC(C)=CCO2)C[C@@H]2O[C@H]2[C@@H](O)C1. The summed E-state index contributed by atoms with van der Waals surface area (Å²) >= 11 is 0. The smallest absolute Gasteiger partial charge is 0.306 e. The molecule has 35 heavy (non-hydrogen) atoms. The lowest BCUT2D eigenvalue weighted by molar-refractivity contribution is -0.154. The molecule has 3 heterocycles. The number of epoxide rings is 1. The Balaban J connectivity index is 1.64. The molecule has 0 aliphatic carbocycles. The van der Waals surface area contributed by atoms with Gasteiger partial charge in [-0.1, -0.05) is 42.9 Å². The topological polar surface area (TPSA) is 115 Å². The van der Waals surface area contributed by atoms with Crippen LogP contribution in [0.25, 0.3) is 0 Å². The van der Waals surface area contributed by atoms with Gasteiger partial charge in [-0.05, 0) is 44.9 Å². The fraction of sp³-hybridized carbons (Fsp3) is 0.704. The van der Waals surface area contributed by atoms with Crippen LogP contribution < -0.4 is 0 Å². The fourth-order valence-electron chi connectivity index (χ4n) is 4.57. The van der Waals surface area contributed by atoms with Crippen LogP contribution in [0.15, 0.2) is 36.0 Å². The van der Waals surface area contributed by atoms with E-state index in [0.29, 0.717) is 32.5 Å². The number of hydrogen-bond acceptors (Lipinski definition) is 8. The zero-order valence-corrected chi connectivity index (χ0v) is 20.9. The fourth-order valence-corrected chi connectivity index (χ4v) is 4.57. The zero-order chi connectivity index (χ0) is 25.4. The van der Waals surface area contributed by atoms with Gasteiger partial charge in [0.2, 0.25) is 0 Å². The number of rotatable bonds is 3. The summed E-state index contributed by atoms with van der Waals surface area (Å²) in [5, 5.41) is 21.4. The van der Waals surface area contributed by atoms with Gasteiger partial charge in [-0.15, -0.1) is 0 Å². The highest BCUT2D eigenvalue weighted by Gasteiger charge is 2.46. The van der Waals surface area contributed by atoms with Gasteiger partial charge in [-0.2, -0.15) is 0 Å². The van der Waals surface area contributed by atoms with E-state index in [1.54, 1.807) is 12.2 Å². The van der Waals surface area contributed by atoms with Crippen molar-refractivity contribution < 1.29 is 38.7 Å². The van der Waals surface area contributed by atoms with Crippen LogP contribution in [0, 0.1) is 5.92 Å². The predicted octanol–water partition coefficient (Wildman–Crippen LogP) is 3.16. The number of esters is 2. The van der Waals surface area contributed by atoms with E-state index in [1.807, 2.05) is 13.0 Å². The van der Waals surface area contributed by atoms with E-state index in [9.17, 15) is 19.8 Å². The van der Waals surface area contributed by atoms with Crippen LogP contribution >= 0.6 is 0 Å². The van der Waals surface area contributed by atoms with Gasteiger partial charge in [0.05, 0.1) is 31.5 Å². The Bertz CT molecular complexity index is 803. The van der Waals surface area contributed by atoms with Crippen LogP contribution in [-0.2, 0) is 28.5 Å². The van der Waals surface area contributed by atoms with Crippen molar-refractivity contribution in [3.63, 3.8) is 0 Å². The highest BCUT2D eigenvalue weighted by molar-refractivity contribution is 5.72. The van der Waals surface area contributed by atoms with Crippen molar-refractivity contribution in [3.8, 4) is 0 Å². The molecular formula is C27H40O8. The maximum Gasteiger partial charge on any atom is 0.306 e. The highest BCUT2D eigenvalue weighted by Crippen LogP contribution is 2.34. The van der Waals surface area contributed by atoms with Gasteiger partial charge in [-0.25, -0.2) is 0 Å². The Kier molecular flexibility index (Phi) is 10.5. The van der Waals surface area contributed by atoms with Gasteiger partial charge in [0.15, 0.2) is 0 Å². The first kappa shape index (κ1) is 27.6. The van der Waals surface area contributed by atoms with E-state index < -0.39 is 24.3 Å². The summed E-state index contributed by atoms with van der Waals surface area (Å²) in [7, 11) is 0. The maximum absolute atomic E-state index is 12.5. The molecule has 0 aromatic heterocycles. The van der Waals surface area contributed by atoms with Crippen LogP contribution in [-0.4, -0.2) is 72.0 Å². The van der Waals surface area contributed by atoms with Crippen molar-refractivity contribution in [2.24, 2.45) is 5.92 Å². The number of carbonyl (C=O) groups excluding carboxylic acids is 2. The van der Waals surface area contributed by atoms with Crippen LogP contribution in [0.4, 0.5) is 0 Å². The number of carbonyl (C=O) groups is 2. The average Bonchev–Trinajstić information content (AvgIpc) is 3.56. The second-order valence-electron chi connectivity index (χ2n) is 10.1. The molecule has 2 fully saturated rings. The quantitative estimate of drug-likeness (QED) is 0.351. The molecule has 0 bridgehead atoms. The molecule has 0 amide bonds. The first-order valence-corrected chi connectivity index (χ1v) is 12.7. The highest BCUT2D eigenvalue weighted by atomic mass is 16.6. The zero-order valence-electron chi connectivity index (χ0n) is 20.9. The number of hydrogen-bond donors (Lipinski definition) is 2. The molecule has 3 rings (SSSR count). The third-order valence-electron chi connectivity index (χ3n) is 6.69. The first-order chi connectivity index (χ1) is 16.7. The van der Waals surface area contributed by atoms with Crippen molar-refractivity contribution in [1.82, 2.24) is 0 Å². The molecule has 3 aliphatic rings. The second kappa shape index (κ2) is 13.3. The summed E-state index contributed by atoms with van der Waals surface area (Å²) in [5.41, 5.74) is 2.13. The van der Waals surface area contributed by atoms with Gasteiger partial charge >= 0.3 is 11.9 Å². The molecule has 2 N–H and O–H groups in total. The normalized spacial score (nSPS) is 35.2. The van der Waals surface area contributed by atoms with E-state index >= 15 is 0 Å². The third-order valence-corrected chi connectivity index (χ3v) is 6.69. The number of ether oxygens (including phenoxy) is 4. The van der Waals surface area contributed by atoms with Crippen LogP contribution in [0.1, 0.15) is 65.2 Å². The minimum absolute atomic E-state index is 0.0472. The lowest BCUT2D eigenvalue weighted by atomic mass is 9.94. The van der Waals surface area contributed by atoms with Crippen molar-refractivity contribution >= 4 is 11.9 Å². The van der Waals surface area contributed by atoms with E-state index in [2.05, 4.69) is 13.5 Å². The summed E-state index contributed by atoms with van der Waals surface area (Å²) in [5.74, 6) is -0.569. The summed E-state index contributed by atoms with van der Waals surface area (Å²) in [4.78, 5) is 24.4. The Hall–Kier alpha value is -2.00. The third kappa shape index (κ3) is 9.52. The van der Waals surface area contributed by atoms with Crippen LogP contribution in [0.2, 0.25) is 0 Å². The summed E-state index contributed by atoms with van der Waals surface area (Å²) in [6.45, 7) is 9.02. The molecule has 0 spiro atoms. The molecule has 7 atom stereocenters. The van der Waals surface area contributed by atoms with Crippen LogP contribution in [0.3, 0.4) is 0 Å². The molecule has 0 aromatic rings. The molecule has 2 saturated heterocycles. The Morgan fingerprint density at radius 3 is 2.71 bits per heavy atom. The number of aliphatic hydroxyl groups excluding tert-OH is 2. The van der Waals surface area contributed by atoms with E-state index in [0.717, 1.165) is 18.4 Å². The largest absolute Gasteiger partial charge is 0.466 e. The summed E-state index contributed by atoms with van der Waals surface area (Å²) < 4.78 is 22.2. The van der Waals surface area contributed by atoms with Crippen molar-refractivity contribution in [2.45, 2.75) is 102 Å². The number of cyclic esters (lactones) is 2. The van der Waals surface area contributed by atoms with Crippen molar-refractivity contribution in [2.75, 3.05) is 13.2 Å². The summed E-state index contributed by atoms with van der Waals surface area (Å²) in [6, 6.07) is 0. The predicted molar refractivity (Wildman–Crippen MR) is 129 cm³/mol. The van der Waals surface area contributed by atoms with E-state index in [1.165, 1.54) is 5.57 Å². The van der Waals surface area contributed by atoms with Gasteiger partial charge in [0, 0.05) is 19.3 Å². The molecular weight excluding hydrogens is 452 g/mol. The second-order valence-corrected chi connectivity index (χ2v) is 10.1. The Morgan fingerprint density at radius 2 is 1.94 bits per heavy atom. The van der Waals surface area contributed by atoms with Crippen molar-refractivity contribution in [3.05, 3.63) is 36.0 Å². The average molecular weight is 493 g/mol. The monoisotopic (exact) mass is 492 g/mol. The lowest BCUT2D eigenvalue weighted by Crippen LogP contribution is -2.33. The van der Waals surface area contributed by atoms with Crippen molar-refractivity contribution in [1.29, 1.82) is 0 Å².